The molecule has 1 aromatic rings. The van der Waals surface area contributed by atoms with Crippen LogP contribution in [0.15, 0.2) is 55.1 Å². The fourth-order valence-corrected chi connectivity index (χ4v) is 1.59. The van der Waals surface area contributed by atoms with E-state index in [-0.39, 0.29) is 0 Å². The van der Waals surface area contributed by atoms with Gasteiger partial charge in [0.05, 0.1) is 0 Å². The van der Waals surface area contributed by atoms with Crippen LogP contribution in [0.1, 0.15) is 31.4 Å². The molecule has 0 aliphatic heterocycles. The maximum absolute atomic E-state index is 4.06. The van der Waals surface area contributed by atoms with E-state index in [4.69, 9.17) is 0 Å². The number of rotatable bonds is 5. The van der Waals surface area contributed by atoms with Crippen LogP contribution in [-0.4, -0.2) is 0 Å². The molecule has 0 N–H and O–H groups in total. The Morgan fingerprint density at radius 2 is 1.88 bits per heavy atom. The summed E-state index contributed by atoms with van der Waals surface area (Å²) in [7, 11) is 0. The van der Waals surface area contributed by atoms with E-state index in [2.05, 4.69) is 50.4 Å². The molecule has 0 amide bonds. The molecule has 0 heterocycles. The van der Waals surface area contributed by atoms with Gasteiger partial charge in [0.25, 0.3) is 0 Å². The van der Waals surface area contributed by atoms with E-state index in [1.54, 1.807) is 0 Å². The van der Waals surface area contributed by atoms with Gasteiger partial charge in [-0.15, -0.1) is 0 Å². The Hall–Kier alpha value is -1.56. The Morgan fingerprint density at radius 1 is 1.25 bits per heavy atom. The van der Waals surface area contributed by atoms with E-state index in [9.17, 15) is 0 Å². The average Bonchev–Trinajstić information content (AvgIpc) is 2.30. The second-order valence-electron chi connectivity index (χ2n) is 4.06. The molecule has 0 nitrogen and oxygen atoms in total. The standard InChI is InChI=1S/C16H20/c1-5-7-15-8-10-16(11-9-15)14(4)12-13(3)6-2/h6,8-12H,2,4-5,7H2,1,3H3/b13-12-. The van der Waals surface area contributed by atoms with Crippen LogP contribution in [0.25, 0.3) is 5.57 Å². The second kappa shape index (κ2) is 6.12. The molecule has 0 saturated heterocycles. The lowest BCUT2D eigenvalue weighted by atomic mass is 10.0. The number of allylic oxidation sites excluding steroid dienone is 4. The predicted octanol–water partition coefficient (Wildman–Crippen LogP) is 4.78. The largest absolute Gasteiger partial charge is 0.0988 e. The minimum atomic E-state index is 1.04. The van der Waals surface area contributed by atoms with Crippen LogP contribution in [0.5, 0.6) is 0 Å². The fourth-order valence-electron chi connectivity index (χ4n) is 1.59. The molecular weight excluding hydrogens is 192 g/mol. The first-order valence-electron chi connectivity index (χ1n) is 5.76. The molecule has 0 heteroatoms. The van der Waals surface area contributed by atoms with Crippen molar-refractivity contribution in [3.05, 3.63) is 66.3 Å². The van der Waals surface area contributed by atoms with Gasteiger partial charge >= 0.3 is 0 Å². The lowest BCUT2D eigenvalue weighted by molar-refractivity contribution is 0.922. The van der Waals surface area contributed by atoms with Crippen molar-refractivity contribution in [1.29, 1.82) is 0 Å². The number of hydrogen-bond acceptors (Lipinski definition) is 0. The average molecular weight is 212 g/mol. The van der Waals surface area contributed by atoms with Gasteiger partial charge in [-0.05, 0) is 30.0 Å². The Bertz CT molecular complexity index is 391. The van der Waals surface area contributed by atoms with Gasteiger partial charge in [-0.3, -0.25) is 0 Å². The van der Waals surface area contributed by atoms with Gasteiger partial charge in [0.15, 0.2) is 0 Å². The SMILES string of the molecule is C=C/C(C)=C\C(=C)c1ccc(CCC)cc1. The summed E-state index contributed by atoms with van der Waals surface area (Å²) in [6.45, 7) is 12.0. The maximum atomic E-state index is 4.06. The Kier molecular flexibility index (Phi) is 4.78. The van der Waals surface area contributed by atoms with Gasteiger partial charge in [0.2, 0.25) is 0 Å². The maximum Gasteiger partial charge on any atom is -0.0190 e. The number of hydrogen-bond donors (Lipinski definition) is 0. The van der Waals surface area contributed by atoms with E-state index in [0.717, 1.165) is 17.6 Å². The summed E-state index contributed by atoms with van der Waals surface area (Å²) in [6.07, 6.45) is 6.24. The molecule has 0 aliphatic carbocycles. The molecule has 0 spiro atoms. The van der Waals surface area contributed by atoms with Crippen molar-refractivity contribution in [1.82, 2.24) is 0 Å². The Labute approximate surface area is 99.0 Å². The summed E-state index contributed by atoms with van der Waals surface area (Å²) in [5, 5.41) is 0. The third-order valence-electron chi connectivity index (χ3n) is 2.59. The van der Waals surface area contributed by atoms with Crippen LogP contribution >= 0.6 is 0 Å². The molecular formula is C16H20. The number of benzene rings is 1. The second-order valence-corrected chi connectivity index (χ2v) is 4.06. The van der Waals surface area contributed by atoms with Crippen molar-refractivity contribution in [2.24, 2.45) is 0 Å². The quantitative estimate of drug-likeness (QED) is 0.616. The molecule has 0 radical (unpaired) electrons. The van der Waals surface area contributed by atoms with Crippen LogP contribution < -0.4 is 0 Å². The monoisotopic (exact) mass is 212 g/mol. The summed E-state index contributed by atoms with van der Waals surface area (Å²) in [5.74, 6) is 0. The molecule has 84 valence electrons. The molecule has 0 bridgehead atoms. The smallest absolute Gasteiger partial charge is 0.0190 e. The summed E-state index contributed by atoms with van der Waals surface area (Å²) >= 11 is 0. The molecule has 1 aromatic carbocycles. The Balaban J connectivity index is 2.81. The fraction of sp³-hybridized carbons (Fsp3) is 0.250. The number of aryl methyl sites for hydroxylation is 1. The van der Waals surface area contributed by atoms with Gasteiger partial charge in [-0.2, -0.15) is 0 Å². The summed E-state index contributed by atoms with van der Waals surface area (Å²) in [5.41, 5.74) is 4.76. The van der Waals surface area contributed by atoms with E-state index in [0.29, 0.717) is 0 Å². The highest BCUT2D eigenvalue weighted by Gasteiger charge is 1.96. The Morgan fingerprint density at radius 3 is 2.38 bits per heavy atom. The van der Waals surface area contributed by atoms with Crippen molar-refractivity contribution in [3.63, 3.8) is 0 Å². The zero-order valence-electron chi connectivity index (χ0n) is 10.3. The normalized spacial score (nSPS) is 11.2. The van der Waals surface area contributed by atoms with Crippen molar-refractivity contribution < 1.29 is 0 Å². The molecule has 0 fully saturated rings. The van der Waals surface area contributed by atoms with Gasteiger partial charge < -0.3 is 0 Å². The van der Waals surface area contributed by atoms with Crippen molar-refractivity contribution >= 4 is 5.57 Å². The van der Waals surface area contributed by atoms with E-state index in [1.165, 1.54) is 17.5 Å². The topological polar surface area (TPSA) is 0 Å². The van der Waals surface area contributed by atoms with Crippen LogP contribution in [0.4, 0.5) is 0 Å². The summed E-state index contributed by atoms with van der Waals surface area (Å²) < 4.78 is 0. The van der Waals surface area contributed by atoms with Gasteiger partial charge in [-0.1, -0.05) is 68.5 Å². The van der Waals surface area contributed by atoms with Crippen LogP contribution in [-0.2, 0) is 6.42 Å². The highest BCUT2D eigenvalue weighted by Crippen LogP contribution is 2.17. The van der Waals surface area contributed by atoms with Crippen molar-refractivity contribution in [3.8, 4) is 0 Å². The molecule has 0 aliphatic rings. The minimum Gasteiger partial charge on any atom is -0.0988 e. The summed E-state index contributed by atoms with van der Waals surface area (Å²) in [6, 6.07) is 8.64. The van der Waals surface area contributed by atoms with Crippen LogP contribution in [0, 0.1) is 0 Å². The molecule has 0 atom stereocenters. The zero-order valence-corrected chi connectivity index (χ0v) is 10.3. The third-order valence-corrected chi connectivity index (χ3v) is 2.59. The van der Waals surface area contributed by atoms with E-state index < -0.39 is 0 Å². The highest BCUT2D eigenvalue weighted by molar-refractivity contribution is 5.73. The van der Waals surface area contributed by atoms with Gasteiger partial charge in [0, 0.05) is 0 Å². The van der Waals surface area contributed by atoms with E-state index >= 15 is 0 Å². The minimum absolute atomic E-state index is 1.04. The van der Waals surface area contributed by atoms with E-state index in [1.807, 2.05) is 13.0 Å². The molecule has 1 rings (SSSR count). The predicted molar refractivity (Wildman–Crippen MR) is 73.4 cm³/mol. The first-order chi connectivity index (χ1) is 7.67. The molecule has 0 saturated carbocycles. The highest BCUT2D eigenvalue weighted by atomic mass is 14.0. The first-order valence-corrected chi connectivity index (χ1v) is 5.76. The van der Waals surface area contributed by atoms with Crippen LogP contribution in [0.2, 0.25) is 0 Å². The summed E-state index contributed by atoms with van der Waals surface area (Å²) in [4.78, 5) is 0. The van der Waals surface area contributed by atoms with Crippen molar-refractivity contribution in [2.75, 3.05) is 0 Å². The molecule has 0 unspecified atom stereocenters. The zero-order chi connectivity index (χ0) is 12.0. The van der Waals surface area contributed by atoms with Gasteiger partial charge in [0.1, 0.15) is 0 Å². The lowest BCUT2D eigenvalue weighted by Crippen LogP contribution is -1.85. The molecule has 16 heavy (non-hydrogen) atoms. The van der Waals surface area contributed by atoms with Crippen molar-refractivity contribution in [2.45, 2.75) is 26.7 Å². The third kappa shape index (κ3) is 3.54. The first kappa shape index (κ1) is 12.5. The van der Waals surface area contributed by atoms with Crippen LogP contribution in [0.3, 0.4) is 0 Å². The van der Waals surface area contributed by atoms with Gasteiger partial charge in [-0.25, -0.2) is 0 Å². The lowest BCUT2D eigenvalue weighted by Gasteiger charge is -2.04. The molecule has 0 aromatic heterocycles.